The van der Waals surface area contributed by atoms with Crippen LogP contribution in [-0.2, 0) is 0 Å². The van der Waals surface area contributed by atoms with Gasteiger partial charge in [0.05, 0.1) is 27.8 Å². The molecule has 3 heterocycles. The molecule has 59 heavy (non-hydrogen) atoms. The Kier molecular flexibility index (Phi) is 6.92. The van der Waals surface area contributed by atoms with Gasteiger partial charge in [-0.15, -0.1) is 11.3 Å². The summed E-state index contributed by atoms with van der Waals surface area (Å²) < 4.78 is 7.62. The van der Waals surface area contributed by atoms with E-state index in [0.29, 0.717) is 0 Å². The van der Waals surface area contributed by atoms with Gasteiger partial charge in [0.15, 0.2) is 0 Å². The minimum Gasteiger partial charge on any atom is -0.309 e. The molecule has 0 aliphatic heterocycles. The lowest BCUT2D eigenvalue weighted by Crippen LogP contribution is -1.98. The minimum absolute atomic E-state index is 1.14. The van der Waals surface area contributed by atoms with E-state index in [1.165, 1.54) is 113 Å². The molecule has 3 heteroatoms. The highest BCUT2D eigenvalue weighted by atomic mass is 32.1. The average Bonchev–Trinajstić information content (AvgIpc) is 3.95. The minimum atomic E-state index is 1.14. The Bertz CT molecular complexity index is 3840. The highest BCUT2D eigenvalue weighted by molar-refractivity contribution is 7.25. The Morgan fingerprint density at radius 3 is 1.81 bits per heavy atom. The van der Waals surface area contributed by atoms with Crippen LogP contribution in [0.1, 0.15) is 0 Å². The van der Waals surface area contributed by atoms with E-state index in [1.807, 2.05) is 11.3 Å². The van der Waals surface area contributed by atoms with Crippen molar-refractivity contribution >= 4 is 96.7 Å². The van der Waals surface area contributed by atoms with E-state index in [0.717, 1.165) is 5.69 Å². The number of fused-ring (bicyclic) bond motifs is 12. The summed E-state index contributed by atoms with van der Waals surface area (Å²) in [5.41, 5.74) is 12.0. The number of hydrogen-bond acceptors (Lipinski definition) is 1. The molecule has 13 rings (SSSR count). The van der Waals surface area contributed by atoms with Crippen LogP contribution >= 0.6 is 11.3 Å². The second kappa shape index (κ2) is 12.5. The van der Waals surface area contributed by atoms with Gasteiger partial charge < -0.3 is 9.13 Å². The molecule has 0 fully saturated rings. The van der Waals surface area contributed by atoms with Gasteiger partial charge in [-0.05, 0) is 92.8 Å². The normalized spacial score (nSPS) is 12.1. The maximum atomic E-state index is 2.53. The summed E-state index contributed by atoms with van der Waals surface area (Å²) in [6.07, 6.45) is 0. The molecule has 0 saturated heterocycles. The van der Waals surface area contributed by atoms with Crippen molar-refractivity contribution in [3.63, 3.8) is 0 Å². The molecule has 0 amide bonds. The van der Waals surface area contributed by atoms with Gasteiger partial charge in [0.25, 0.3) is 0 Å². The van der Waals surface area contributed by atoms with Crippen LogP contribution in [0.15, 0.2) is 206 Å². The molecule has 10 aromatic carbocycles. The van der Waals surface area contributed by atoms with Crippen LogP contribution in [0.3, 0.4) is 0 Å². The molecule has 2 nitrogen and oxygen atoms in total. The predicted molar refractivity (Wildman–Crippen MR) is 254 cm³/mol. The van der Waals surface area contributed by atoms with Crippen molar-refractivity contribution in [1.82, 2.24) is 9.13 Å². The Balaban J connectivity index is 1.11. The van der Waals surface area contributed by atoms with Gasteiger partial charge in [0.1, 0.15) is 0 Å². The van der Waals surface area contributed by atoms with E-state index in [9.17, 15) is 0 Å². The zero-order valence-corrected chi connectivity index (χ0v) is 32.7. The first-order valence-corrected chi connectivity index (χ1v) is 21.1. The van der Waals surface area contributed by atoms with Gasteiger partial charge >= 0.3 is 0 Å². The molecule has 0 spiro atoms. The molecule has 0 aliphatic rings. The van der Waals surface area contributed by atoms with Crippen molar-refractivity contribution in [2.24, 2.45) is 0 Å². The number of thiophene rings is 1. The molecule has 0 N–H and O–H groups in total. The number of benzene rings is 10. The molecule has 0 aliphatic carbocycles. The molecular formula is C56H34N2S. The van der Waals surface area contributed by atoms with Crippen molar-refractivity contribution in [1.29, 1.82) is 0 Å². The third-order valence-electron chi connectivity index (χ3n) is 12.5. The Morgan fingerprint density at radius 1 is 0.305 bits per heavy atom. The third kappa shape index (κ3) is 4.74. The number of para-hydroxylation sites is 2. The number of aromatic nitrogens is 2. The molecule has 0 saturated carbocycles. The fourth-order valence-corrected chi connectivity index (χ4v) is 11.1. The van der Waals surface area contributed by atoms with E-state index in [1.54, 1.807) is 0 Å². The predicted octanol–water partition coefficient (Wildman–Crippen LogP) is 15.9. The van der Waals surface area contributed by atoms with E-state index in [2.05, 4.69) is 215 Å². The molecule has 0 unspecified atom stereocenters. The molecule has 274 valence electrons. The summed E-state index contributed by atoms with van der Waals surface area (Å²) in [4.78, 5) is 0. The summed E-state index contributed by atoms with van der Waals surface area (Å²) in [6.45, 7) is 0. The monoisotopic (exact) mass is 766 g/mol. The smallest absolute Gasteiger partial charge is 0.0562 e. The molecule has 0 radical (unpaired) electrons. The molecule has 13 aromatic rings. The van der Waals surface area contributed by atoms with Crippen LogP contribution in [0.25, 0.3) is 119 Å². The summed E-state index contributed by atoms with van der Waals surface area (Å²) in [7, 11) is 0. The number of rotatable bonds is 4. The second-order valence-corrected chi connectivity index (χ2v) is 16.7. The molecule has 0 atom stereocenters. The van der Waals surface area contributed by atoms with Crippen LogP contribution in [0.2, 0.25) is 0 Å². The van der Waals surface area contributed by atoms with E-state index < -0.39 is 0 Å². The molecular weight excluding hydrogens is 733 g/mol. The first-order valence-electron chi connectivity index (χ1n) is 20.3. The average molecular weight is 767 g/mol. The molecule has 3 aromatic heterocycles. The fourth-order valence-electron chi connectivity index (χ4n) is 9.95. The lowest BCUT2D eigenvalue weighted by molar-refractivity contribution is 1.17. The Hall–Kier alpha value is -7.46. The van der Waals surface area contributed by atoms with Gasteiger partial charge in [-0.1, -0.05) is 152 Å². The van der Waals surface area contributed by atoms with Gasteiger partial charge in [-0.2, -0.15) is 0 Å². The standard InChI is InChI=1S/C56H34N2S/c1-3-16-39-35(13-1)15-11-21-40(39)37-27-30-38(31-28-37)57-48-23-8-6-19-43(48)46-33-47-52(34-51(46)57)58(50-32-29-36-14-2-4-17-41(36)55(47)50)49-24-9-5-18-42(49)44-22-12-26-54-56(44)45-20-7-10-25-53(45)59-54/h1-34H. The van der Waals surface area contributed by atoms with E-state index in [4.69, 9.17) is 0 Å². The molecule has 0 bridgehead atoms. The number of hydrogen-bond donors (Lipinski definition) is 0. The quantitative estimate of drug-likeness (QED) is 0.169. The highest BCUT2D eigenvalue weighted by Crippen LogP contribution is 2.46. The summed E-state index contributed by atoms with van der Waals surface area (Å²) >= 11 is 1.87. The van der Waals surface area contributed by atoms with Crippen molar-refractivity contribution < 1.29 is 0 Å². The Labute approximate surface area is 344 Å². The lowest BCUT2D eigenvalue weighted by Gasteiger charge is -2.16. The van der Waals surface area contributed by atoms with Crippen LogP contribution in [0, 0.1) is 0 Å². The van der Waals surface area contributed by atoms with Gasteiger partial charge in [0, 0.05) is 53.0 Å². The topological polar surface area (TPSA) is 9.86 Å². The largest absolute Gasteiger partial charge is 0.309 e. The third-order valence-corrected chi connectivity index (χ3v) is 13.6. The summed E-state index contributed by atoms with van der Waals surface area (Å²) in [5, 5.41) is 12.7. The lowest BCUT2D eigenvalue weighted by atomic mass is 9.98. The van der Waals surface area contributed by atoms with Crippen molar-refractivity contribution in [3.8, 4) is 33.6 Å². The maximum absolute atomic E-state index is 2.53. The zero-order chi connectivity index (χ0) is 38.6. The van der Waals surface area contributed by atoms with Crippen LogP contribution in [0.4, 0.5) is 0 Å². The maximum Gasteiger partial charge on any atom is 0.0562 e. The van der Waals surface area contributed by atoms with Crippen LogP contribution in [0.5, 0.6) is 0 Å². The second-order valence-electron chi connectivity index (χ2n) is 15.6. The summed E-state index contributed by atoms with van der Waals surface area (Å²) in [6, 6.07) is 76.3. The summed E-state index contributed by atoms with van der Waals surface area (Å²) in [5.74, 6) is 0. The van der Waals surface area contributed by atoms with Crippen molar-refractivity contribution in [2.75, 3.05) is 0 Å². The Morgan fingerprint density at radius 2 is 0.932 bits per heavy atom. The van der Waals surface area contributed by atoms with Gasteiger partial charge in [0.2, 0.25) is 0 Å². The first-order chi connectivity index (χ1) is 29.3. The van der Waals surface area contributed by atoms with Crippen molar-refractivity contribution in [3.05, 3.63) is 206 Å². The first kappa shape index (κ1) is 32.6. The highest BCUT2D eigenvalue weighted by Gasteiger charge is 2.22. The van der Waals surface area contributed by atoms with Crippen LogP contribution in [-0.4, -0.2) is 9.13 Å². The fraction of sp³-hybridized carbons (Fsp3) is 0. The van der Waals surface area contributed by atoms with E-state index >= 15 is 0 Å². The zero-order valence-electron chi connectivity index (χ0n) is 31.9. The van der Waals surface area contributed by atoms with E-state index in [-0.39, 0.29) is 0 Å². The van der Waals surface area contributed by atoms with Crippen molar-refractivity contribution in [2.45, 2.75) is 0 Å². The van der Waals surface area contributed by atoms with Gasteiger partial charge in [-0.3, -0.25) is 0 Å². The van der Waals surface area contributed by atoms with Crippen LogP contribution < -0.4 is 0 Å². The number of nitrogens with zero attached hydrogens (tertiary/aromatic N) is 2. The van der Waals surface area contributed by atoms with Gasteiger partial charge in [-0.25, -0.2) is 0 Å². The SMILES string of the molecule is c1ccc(-n2c3cc4c(cc3c3c5ccccc5ccc32)c2ccccc2n4-c2ccc(-c3cccc4ccccc34)cc2)c(-c2cccc3sc4ccccc4c23)c1.